The van der Waals surface area contributed by atoms with Crippen LogP contribution in [-0.2, 0) is 0 Å². The van der Waals surface area contributed by atoms with Crippen LogP contribution in [0, 0.1) is 5.41 Å². The molecule has 1 nitrogen and oxygen atoms in total. The van der Waals surface area contributed by atoms with E-state index < -0.39 is 11.6 Å². The maximum atomic E-state index is 12.4. The van der Waals surface area contributed by atoms with Crippen molar-refractivity contribution in [3.05, 3.63) is 0 Å². The maximum absolute atomic E-state index is 12.4. The first-order valence-corrected chi connectivity index (χ1v) is 2.73. The molecule has 0 aliphatic carbocycles. The minimum Gasteiger partial charge on any atom is -0.393 e. The van der Waals surface area contributed by atoms with Crippen molar-refractivity contribution in [2.75, 3.05) is 6.61 Å². The quantitative estimate of drug-likeness (QED) is 0.554. The molecule has 50 valence electrons. The summed E-state index contributed by atoms with van der Waals surface area (Å²) in [7, 11) is 0. The number of aliphatic hydroxyl groups excluding tert-OH is 1. The minimum atomic E-state index is -1.09. The van der Waals surface area contributed by atoms with Gasteiger partial charge in [-0.1, -0.05) is 20.8 Å². The molecule has 0 amide bonds. The highest BCUT2D eigenvalue weighted by atomic mass is 19.1. The van der Waals surface area contributed by atoms with Crippen LogP contribution in [0.1, 0.15) is 20.8 Å². The van der Waals surface area contributed by atoms with E-state index in [0.29, 0.717) is 0 Å². The second-order valence-electron chi connectivity index (χ2n) is 3.02. The summed E-state index contributed by atoms with van der Waals surface area (Å²) in [6.45, 7) is 4.90. The molecule has 2 heteroatoms. The molecule has 0 saturated heterocycles. The Morgan fingerprint density at radius 2 is 1.88 bits per heavy atom. The smallest absolute Gasteiger partial charge is 0.128 e. The van der Waals surface area contributed by atoms with Gasteiger partial charge in [0.2, 0.25) is 0 Å². The summed E-state index contributed by atoms with van der Waals surface area (Å²) >= 11 is 0. The Balaban J connectivity index is 3.62. The van der Waals surface area contributed by atoms with Crippen LogP contribution in [0.3, 0.4) is 0 Å². The third kappa shape index (κ3) is 2.26. The predicted octanol–water partition coefficient (Wildman–Crippen LogP) is 1.36. The highest BCUT2D eigenvalue weighted by Gasteiger charge is 2.22. The van der Waals surface area contributed by atoms with Gasteiger partial charge in [-0.2, -0.15) is 0 Å². The van der Waals surface area contributed by atoms with Crippen molar-refractivity contribution in [1.29, 1.82) is 0 Å². The number of hydrogen-bond acceptors (Lipinski definition) is 1. The van der Waals surface area contributed by atoms with Gasteiger partial charge in [0.15, 0.2) is 0 Å². The predicted molar refractivity (Wildman–Crippen MR) is 31.4 cm³/mol. The third-order valence-corrected chi connectivity index (χ3v) is 1.10. The fraction of sp³-hybridized carbons (Fsp3) is 1.00. The van der Waals surface area contributed by atoms with Gasteiger partial charge >= 0.3 is 0 Å². The van der Waals surface area contributed by atoms with Crippen molar-refractivity contribution >= 4 is 0 Å². The van der Waals surface area contributed by atoms with Crippen molar-refractivity contribution in [3.8, 4) is 0 Å². The zero-order valence-corrected chi connectivity index (χ0v) is 5.61. The molecule has 0 spiro atoms. The van der Waals surface area contributed by atoms with Gasteiger partial charge in [0.25, 0.3) is 0 Å². The maximum Gasteiger partial charge on any atom is 0.128 e. The van der Waals surface area contributed by atoms with Gasteiger partial charge in [0, 0.05) is 0 Å². The van der Waals surface area contributed by atoms with Crippen LogP contribution in [0.15, 0.2) is 0 Å². The molecule has 0 aromatic heterocycles. The number of hydrogen-bond donors (Lipinski definition) is 1. The van der Waals surface area contributed by atoms with Crippen LogP contribution in [0.5, 0.6) is 0 Å². The van der Waals surface area contributed by atoms with Crippen LogP contribution in [0.25, 0.3) is 0 Å². The van der Waals surface area contributed by atoms with Gasteiger partial charge in [-0.3, -0.25) is 0 Å². The Hall–Kier alpha value is -0.110. The molecule has 0 radical (unpaired) electrons. The van der Waals surface area contributed by atoms with Gasteiger partial charge in [-0.15, -0.1) is 0 Å². The highest BCUT2D eigenvalue weighted by Crippen LogP contribution is 2.20. The summed E-state index contributed by atoms with van der Waals surface area (Å²) in [5.41, 5.74) is -0.408. The van der Waals surface area contributed by atoms with Gasteiger partial charge in [0.1, 0.15) is 6.17 Å². The average Bonchev–Trinajstić information content (AvgIpc) is 1.62. The lowest BCUT2D eigenvalue weighted by molar-refractivity contribution is 0.0868. The summed E-state index contributed by atoms with van der Waals surface area (Å²) in [6.07, 6.45) is -1.09. The van der Waals surface area contributed by atoms with E-state index in [2.05, 4.69) is 0 Å². The largest absolute Gasteiger partial charge is 0.393 e. The molecule has 8 heavy (non-hydrogen) atoms. The second-order valence-corrected chi connectivity index (χ2v) is 3.02. The monoisotopic (exact) mass is 120 g/mol. The van der Waals surface area contributed by atoms with Crippen LogP contribution in [0.4, 0.5) is 4.39 Å². The first-order valence-electron chi connectivity index (χ1n) is 2.73. The molecule has 0 aliphatic rings. The Morgan fingerprint density at radius 1 is 1.50 bits per heavy atom. The Kier molecular flexibility index (Phi) is 2.41. The van der Waals surface area contributed by atoms with Crippen molar-refractivity contribution in [3.63, 3.8) is 0 Å². The molecule has 0 heterocycles. The van der Waals surface area contributed by atoms with E-state index in [9.17, 15) is 4.39 Å². The van der Waals surface area contributed by atoms with E-state index in [-0.39, 0.29) is 6.61 Å². The van der Waals surface area contributed by atoms with Crippen LogP contribution >= 0.6 is 0 Å². The SMILES string of the molecule is CC(C)(C)C(F)CO. The first-order chi connectivity index (χ1) is 3.48. The fourth-order valence-corrected chi connectivity index (χ4v) is 0.274. The van der Waals surface area contributed by atoms with Crippen molar-refractivity contribution in [1.82, 2.24) is 0 Å². The van der Waals surface area contributed by atoms with E-state index in [1.165, 1.54) is 0 Å². The van der Waals surface area contributed by atoms with Gasteiger partial charge in [0.05, 0.1) is 6.61 Å². The van der Waals surface area contributed by atoms with Gasteiger partial charge in [-0.05, 0) is 5.41 Å². The molecule has 0 aromatic rings. The summed E-state index contributed by atoms with van der Waals surface area (Å²) in [6, 6.07) is 0. The molecule has 0 fully saturated rings. The molecule has 1 N–H and O–H groups in total. The van der Waals surface area contributed by atoms with Crippen molar-refractivity contribution in [2.45, 2.75) is 26.9 Å². The molecule has 0 rings (SSSR count). The Bertz CT molecular complexity index is 65.4. The lowest BCUT2D eigenvalue weighted by Gasteiger charge is -2.20. The molecule has 1 atom stereocenters. The van der Waals surface area contributed by atoms with E-state index in [4.69, 9.17) is 5.11 Å². The highest BCUT2D eigenvalue weighted by molar-refractivity contribution is 4.71. The fourth-order valence-electron chi connectivity index (χ4n) is 0.274. The molecule has 1 unspecified atom stereocenters. The second kappa shape index (κ2) is 2.44. The third-order valence-electron chi connectivity index (χ3n) is 1.10. The molecule has 0 aromatic carbocycles. The summed E-state index contributed by atoms with van der Waals surface area (Å²) < 4.78 is 12.4. The van der Waals surface area contributed by atoms with Crippen LogP contribution in [0.2, 0.25) is 0 Å². The molecule has 0 aliphatic heterocycles. The van der Waals surface area contributed by atoms with E-state index in [1.54, 1.807) is 20.8 Å². The molecular weight excluding hydrogens is 107 g/mol. The number of halogens is 1. The summed E-state index contributed by atoms with van der Waals surface area (Å²) in [5, 5.41) is 8.30. The van der Waals surface area contributed by atoms with Crippen molar-refractivity contribution < 1.29 is 9.50 Å². The lowest BCUT2D eigenvalue weighted by Crippen LogP contribution is -2.24. The summed E-state index contributed by atoms with van der Waals surface area (Å²) in [4.78, 5) is 0. The molecule has 0 saturated carbocycles. The zero-order chi connectivity index (χ0) is 6.78. The van der Waals surface area contributed by atoms with Gasteiger partial charge in [-0.25, -0.2) is 4.39 Å². The minimum absolute atomic E-state index is 0.372. The van der Waals surface area contributed by atoms with E-state index in [1.807, 2.05) is 0 Å². The first kappa shape index (κ1) is 7.89. The summed E-state index contributed by atoms with van der Waals surface area (Å²) in [5.74, 6) is 0. The molecular formula is C6H13FO. The van der Waals surface area contributed by atoms with E-state index >= 15 is 0 Å². The van der Waals surface area contributed by atoms with Crippen molar-refractivity contribution in [2.24, 2.45) is 5.41 Å². The average molecular weight is 120 g/mol. The molecule has 0 bridgehead atoms. The van der Waals surface area contributed by atoms with Crippen LogP contribution in [-0.4, -0.2) is 17.9 Å². The topological polar surface area (TPSA) is 20.2 Å². The van der Waals surface area contributed by atoms with Crippen LogP contribution < -0.4 is 0 Å². The van der Waals surface area contributed by atoms with E-state index in [0.717, 1.165) is 0 Å². The number of alkyl halides is 1. The normalized spacial score (nSPS) is 16.1. The zero-order valence-electron chi connectivity index (χ0n) is 5.61. The Morgan fingerprint density at radius 3 is 1.88 bits per heavy atom. The Labute approximate surface area is 49.5 Å². The standard InChI is InChI=1S/C6H13FO/c1-6(2,3)5(7)4-8/h5,8H,4H2,1-3H3. The lowest BCUT2D eigenvalue weighted by atomic mass is 9.91. The number of rotatable bonds is 1. The number of aliphatic hydroxyl groups is 1. The van der Waals surface area contributed by atoms with Gasteiger partial charge < -0.3 is 5.11 Å².